The van der Waals surface area contributed by atoms with Gasteiger partial charge in [-0.2, -0.15) is 0 Å². The van der Waals surface area contributed by atoms with E-state index in [9.17, 15) is 4.79 Å². The maximum Gasteiger partial charge on any atom is 0.259 e. The van der Waals surface area contributed by atoms with Gasteiger partial charge in [0.25, 0.3) is 5.91 Å². The molecule has 1 aromatic carbocycles. The SMILES string of the molecule is O=C1Nc2ncc(Br)cc2/C1=C\Nc1ccccc1CCO. The van der Waals surface area contributed by atoms with Gasteiger partial charge in [0.2, 0.25) is 0 Å². The first-order valence-corrected chi connectivity index (χ1v) is 7.61. The van der Waals surface area contributed by atoms with Crippen molar-refractivity contribution in [3.05, 3.63) is 58.3 Å². The Morgan fingerprint density at radius 2 is 2.18 bits per heavy atom. The number of rotatable bonds is 4. The summed E-state index contributed by atoms with van der Waals surface area (Å²) < 4.78 is 0.814. The summed E-state index contributed by atoms with van der Waals surface area (Å²) in [5.74, 6) is 0.373. The molecule has 0 atom stereocenters. The minimum Gasteiger partial charge on any atom is -0.396 e. The molecule has 22 heavy (non-hydrogen) atoms. The number of nitrogens with one attached hydrogen (secondary N) is 2. The van der Waals surface area contributed by atoms with Gasteiger partial charge in [0.05, 0.1) is 5.57 Å². The lowest BCUT2D eigenvalue weighted by Gasteiger charge is -2.08. The van der Waals surface area contributed by atoms with Crippen LogP contribution in [0.1, 0.15) is 11.1 Å². The van der Waals surface area contributed by atoms with Gasteiger partial charge in [-0.1, -0.05) is 18.2 Å². The number of anilines is 2. The first-order valence-electron chi connectivity index (χ1n) is 6.82. The summed E-state index contributed by atoms with van der Waals surface area (Å²) >= 11 is 3.36. The zero-order valence-electron chi connectivity index (χ0n) is 11.6. The first kappa shape index (κ1) is 14.7. The van der Waals surface area contributed by atoms with E-state index >= 15 is 0 Å². The molecule has 0 aliphatic carbocycles. The van der Waals surface area contributed by atoms with Crippen molar-refractivity contribution >= 4 is 38.9 Å². The van der Waals surface area contributed by atoms with Gasteiger partial charge < -0.3 is 15.7 Å². The van der Waals surface area contributed by atoms with E-state index in [0.717, 1.165) is 21.3 Å². The van der Waals surface area contributed by atoms with Crippen LogP contribution >= 0.6 is 15.9 Å². The molecule has 0 unspecified atom stereocenters. The highest BCUT2D eigenvalue weighted by Crippen LogP contribution is 2.32. The Hall–Kier alpha value is -2.18. The van der Waals surface area contributed by atoms with Crippen LogP contribution in [-0.4, -0.2) is 22.6 Å². The van der Waals surface area contributed by atoms with Crippen LogP contribution in [0.5, 0.6) is 0 Å². The molecule has 1 amide bonds. The van der Waals surface area contributed by atoms with Crippen molar-refractivity contribution < 1.29 is 9.90 Å². The van der Waals surface area contributed by atoms with Crippen LogP contribution in [-0.2, 0) is 11.2 Å². The van der Waals surface area contributed by atoms with Crippen molar-refractivity contribution in [2.24, 2.45) is 0 Å². The van der Waals surface area contributed by atoms with E-state index in [4.69, 9.17) is 5.11 Å². The molecule has 6 heteroatoms. The number of halogens is 1. The number of nitrogens with zero attached hydrogens (tertiary/aromatic N) is 1. The van der Waals surface area contributed by atoms with Gasteiger partial charge in [-0.05, 0) is 40.0 Å². The fourth-order valence-corrected chi connectivity index (χ4v) is 2.67. The number of hydrogen-bond acceptors (Lipinski definition) is 4. The molecular weight excluding hydrogens is 346 g/mol. The molecule has 5 nitrogen and oxygen atoms in total. The highest BCUT2D eigenvalue weighted by atomic mass is 79.9. The number of para-hydroxylation sites is 1. The molecule has 0 spiro atoms. The highest BCUT2D eigenvalue weighted by Gasteiger charge is 2.25. The van der Waals surface area contributed by atoms with Crippen LogP contribution < -0.4 is 10.6 Å². The normalized spacial score (nSPS) is 14.8. The zero-order chi connectivity index (χ0) is 15.5. The molecule has 112 valence electrons. The van der Waals surface area contributed by atoms with E-state index in [2.05, 4.69) is 31.5 Å². The van der Waals surface area contributed by atoms with E-state index in [1.54, 1.807) is 12.4 Å². The molecule has 2 heterocycles. The number of fused-ring (bicyclic) bond motifs is 1. The molecular formula is C16H14BrN3O2. The number of carbonyl (C=O) groups is 1. The second kappa shape index (κ2) is 6.29. The Kier molecular flexibility index (Phi) is 4.22. The second-order valence-electron chi connectivity index (χ2n) is 4.84. The van der Waals surface area contributed by atoms with Crippen LogP contribution in [0.4, 0.5) is 11.5 Å². The van der Waals surface area contributed by atoms with Crippen LogP contribution in [0.2, 0.25) is 0 Å². The van der Waals surface area contributed by atoms with Crippen molar-refractivity contribution in [3.63, 3.8) is 0 Å². The fraction of sp³-hybridized carbons (Fsp3) is 0.125. The molecule has 0 saturated carbocycles. The van der Waals surface area contributed by atoms with E-state index < -0.39 is 0 Å². The van der Waals surface area contributed by atoms with E-state index in [0.29, 0.717) is 17.8 Å². The number of aliphatic hydroxyl groups is 1. The van der Waals surface area contributed by atoms with Gasteiger partial charge in [-0.15, -0.1) is 0 Å². The topological polar surface area (TPSA) is 74.2 Å². The number of benzene rings is 1. The van der Waals surface area contributed by atoms with Crippen molar-refractivity contribution in [2.45, 2.75) is 6.42 Å². The van der Waals surface area contributed by atoms with Crippen LogP contribution in [0, 0.1) is 0 Å². The van der Waals surface area contributed by atoms with Crippen molar-refractivity contribution in [3.8, 4) is 0 Å². The largest absolute Gasteiger partial charge is 0.396 e. The Bertz CT molecular complexity index is 759. The predicted octanol–water partition coefficient (Wildman–Crippen LogP) is 2.78. The summed E-state index contributed by atoms with van der Waals surface area (Å²) in [7, 11) is 0. The Morgan fingerprint density at radius 1 is 1.36 bits per heavy atom. The smallest absolute Gasteiger partial charge is 0.259 e. The summed E-state index contributed by atoms with van der Waals surface area (Å²) in [6.45, 7) is 0.0788. The Balaban J connectivity index is 1.91. The number of amides is 1. The molecule has 0 saturated heterocycles. The minimum atomic E-state index is -0.187. The maximum atomic E-state index is 12.1. The third kappa shape index (κ3) is 2.88. The molecule has 0 radical (unpaired) electrons. The predicted molar refractivity (Wildman–Crippen MR) is 89.4 cm³/mol. The molecule has 3 rings (SSSR count). The summed E-state index contributed by atoms with van der Waals surface area (Å²) in [6, 6.07) is 9.53. The first-order chi connectivity index (χ1) is 10.7. The average Bonchev–Trinajstić information content (AvgIpc) is 2.82. The van der Waals surface area contributed by atoms with Crippen LogP contribution in [0.15, 0.2) is 47.2 Å². The average molecular weight is 360 g/mol. The van der Waals surface area contributed by atoms with Gasteiger partial charge in [0, 0.05) is 34.7 Å². The summed E-state index contributed by atoms with van der Waals surface area (Å²) in [6.07, 6.45) is 3.87. The second-order valence-corrected chi connectivity index (χ2v) is 5.75. The standard InChI is InChI=1S/C16H14BrN3O2/c17-11-7-12-13(16(22)20-15(12)19-8-11)9-18-14-4-2-1-3-10(14)5-6-21/h1-4,7-9,18,21H,5-6H2,(H,19,20,22)/b13-9+. The minimum absolute atomic E-state index is 0.0788. The lowest BCUT2D eigenvalue weighted by Crippen LogP contribution is -2.06. The summed E-state index contributed by atoms with van der Waals surface area (Å²) in [4.78, 5) is 16.2. The Morgan fingerprint density at radius 3 is 3.00 bits per heavy atom. The van der Waals surface area contributed by atoms with Gasteiger partial charge in [0.1, 0.15) is 5.82 Å². The van der Waals surface area contributed by atoms with Crippen molar-refractivity contribution in [1.29, 1.82) is 0 Å². The molecule has 3 N–H and O–H groups in total. The highest BCUT2D eigenvalue weighted by molar-refractivity contribution is 9.10. The Labute approximate surface area is 136 Å². The van der Waals surface area contributed by atoms with Crippen LogP contribution in [0.3, 0.4) is 0 Å². The zero-order valence-corrected chi connectivity index (χ0v) is 13.2. The van der Waals surface area contributed by atoms with Gasteiger partial charge >= 0.3 is 0 Å². The molecule has 0 fully saturated rings. The summed E-state index contributed by atoms with van der Waals surface area (Å²) in [5, 5.41) is 15.0. The number of hydrogen-bond donors (Lipinski definition) is 3. The number of aliphatic hydroxyl groups excluding tert-OH is 1. The van der Waals surface area contributed by atoms with E-state index in [1.807, 2.05) is 30.3 Å². The monoisotopic (exact) mass is 359 g/mol. The molecule has 2 aromatic rings. The third-order valence-corrected chi connectivity index (χ3v) is 3.83. The number of carbonyl (C=O) groups excluding carboxylic acids is 1. The van der Waals surface area contributed by atoms with Gasteiger partial charge in [-0.25, -0.2) is 4.98 Å². The maximum absolute atomic E-state index is 12.1. The fourth-order valence-electron chi connectivity index (χ4n) is 2.33. The van der Waals surface area contributed by atoms with E-state index in [1.165, 1.54) is 0 Å². The van der Waals surface area contributed by atoms with Crippen molar-refractivity contribution in [1.82, 2.24) is 4.98 Å². The molecule has 1 aromatic heterocycles. The third-order valence-electron chi connectivity index (χ3n) is 3.39. The van der Waals surface area contributed by atoms with Crippen LogP contribution in [0.25, 0.3) is 5.57 Å². The van der Waals surface area contributed by atoms with E-state index in [-0.39, 0.29) is 12.5 Å². The lowest BCUT2D eigenvalue weighted by atomic mass is 10.1. The number of pyridine rings is 1. The lowest BCUT2D eigenvalue weighted by molar-refractivity contribution is -0.110. The quantitative estimate of drug-likeness (QED) is 0.733. The van der Waals surface area contributed by atoms with Gasteiger partial charge in [0.15, 0.2) is 0 Å². The van der Waals surface area contributed by atoms with Crippen molar-refractivity contribution in [2.75, 3.05) is 17.2 Å². The van der Waals surface area contributed by atoms with Gasteiger partial charge in [-0.3, -0.25) is 4.79 Å². The molecule has 1 aliphatic heterocycles. The summed E-state index contributed by atoms with van der Waals surface area (Å²) in [5.41, 5.74) is 3.15. The number of aromatic nitrogens is 1. The molecule has 1 aliphatic rings. The molecule has 0 bridgehead atoms.